The van der Waals surface area contributed by atoms with Gasteiger partial charge in [0.2, 0.25) is 0 Å². The lowest BCUT2D eigenvalue weighted by atomic mass is 10.2. The number of benzene rings is 1. The van der Waals surface area contributed by atoms with E-state index in [2.05, 4.69) is 11.9 Å². The Labute approximate surface area is 96.0 Å². The van der Waals surface area contributed by atoms with Crippen molar-refractivity contribution >= 4 is 23.0 Å². The number of halogens is 1. The maximum absolute atomic E-state index is 6.18. The lowest BCUT2D eigenvalue weighted by molar-refractivity contribution is 0.653. The van der Waals surface area contributed by atoms with Crippen molar-refractivity contribution in [1.29, 1.82) is 0 Å². The summed E-state index contributed by atoms with van der Waals surface area (Å²) in [5.41, 5.74) is 7.50. The van der Waals surface area contributed by atoms with E-state index >= 15 is 0 Å². The molecule has 1 aliphatic rings. The van der Waals surface area contributed by atoms with E-state index in [1.165, 1.54) is 25.7 Å². The Bertz CT molecular complexity index is 345. The molecule has 3 heteroatoms. The Balaban J connectivity index is 2.20. The van der Waals surface area contributed by atoms with Gasteiger partial charge in [0, 0.05) is 18.8 Å². The summed E-state index contributed by atoms with van der Waals surface area (Å²) in [4.78, 5) is 2.29. The molecule has 0 saturated heterocycles. The number of nitrogen functional groups attached to an aromatic ring is 1. The van der Waals surface area contributed by atoms with Crippen LogP contribution < -0.4 is 10.6 Å². The van der Waals surface area contributed by atoms with Crippen LogP contribution in [-0.2, 0) is 0 Å². The standard InChI is InChI=1S/C12H17ClN2/c1-15(10-4-2-3-5-10)12-7-6-9(14)8-11(12)13/h6-8,10H,2-5,14H2,1H3. The van der Waals surface area contributed by atoms with E-state index in [9.17, 15) is 0 Å². The lowest BCUT2D eigenvalue weighted by Crippen LogP contribution is -2.28. The molecule has 0 aliphatic heterocycles. The largest absolute Gasteiger partial charge is 0.399 e. The van der Waals surface area contributed by atoms with E-state index in [0.29, 0.717) is 6.04 Å². The highest BCUT2D eigenvalue weighted by atomic mass is 35.5. The van der Waals surface area contributed by atoms with Crippen molar-refractivity contribution < 1.29 is 0 Å². The molecule has 2 N–H and O–H groups in total. The van der Waals surface area contributed by atoms with E-state index in [0.717, 1.165) is 16.4 Å². The molecule has 0 amide bonds. The summed E-state index contributed by atoms with van der Waals surface area (Å²) in [5, 5.41) is 0.754. The van der Waals surface area contributed by atoms with Gasteiger partial charge in [-0.25, -0.2) is 0 Å². The summed E-state index contributed by atoms with van der Waals surface area (Å²) in [6.45, 7) is 0. The molecule has 1 aromatic rings. The van der Waals surface area contributed by atoms with E-state index in [1.54, 1.807) is 0 Å². The Hall–Kier alpha value is -0.890. The van der Waals surface area contributed by atoms with Gasteiger partial charge in [0.15, 0.2) is 0 Å². The van der Waals surface area contributed by atoms with Crippen LogP contribution in [0.2, 0.25) is 5.02 Å². The number of nitrogens with two attached hydrogens (primary N) is 1. The zero-order valence-corrected chi connectivity index (χ0v) is 9.80. The molecule has 0 heterocycles. The molecule has 0 unspecified atom stereocenters. The Morgan fingerprint density at radius 1 is 1.33 bits per heavy atom. The van der Waals surface area contributed by atoms with Crippen LogP contribution in [0.25, 0.3) is 0 Å². The maximum Gasteiger partial charge on any atom is 0.0660 e. The summed E-state index contributed by atoms with van der Waals surface area (Å²) < 4.78 is 0. The van der Waals surface area contributed by atoms with E-state index in [1.807, 2.05) is 18.2 Å². The zero-order valence-electron chi connectivity index (χ0n) is 9.04. The van der Waals surface area contributed by atoms with Gasteiger partial charge in [-0.1, -0.05) is 24.4 Å². The smallest absolute Gasteiger partial charge is 0.0660 e. The second kappa shape index (κ2) is 4.31. The summed E-state index contributed by atoms with van der Waals surface area (Å²) in [6, 6.07) is 6.39. The zero-order chi connectivity index (χ0) is 10.8. The van der Waals surface area contributed by atoms with Crippen molar-refractivity contribution in [2.45, 2.75) is 31.7 Å². The minimum Gasteiger partial charge on any atom is -0.399 e. The minimum atomic E-state index is 0.645. The van der Waals surface area contributed by atoms with Crippen LogP contribution in [0.3, 0.4) is 0 Å². The fourth-order valence-electron chi connectivity index (χ4n) is 2.30. The SMILES string of the molecule is CN(c1ccc(N)cc1Cl)C1CCCC1. The molecule has 0 spiro atoms. The van der Waals surface area contributed by atoms with Crippen molar-refractivity contribution in [1.82, 2.24) is 0 Å². The predicted octanol–water partition coefficient (Wildman–Crippen LogP) is 3.30. The van der Waals surface area contributed by atoms with Crippen LogP contribution in [0.4, 0.5) is 11.4 Å². The molecule has 15 heavy (non-hydrogen) atoms. The number of anilines is 2. The molecular formula is C12H17ClN2. The van der Waals surface area contributed by atoms with Gasteiger partial charge < -0.3 is 10.6 Å². The molecule has 0 atom stereocenters. The van der Waals surface area contributed by atoms with Crippen molar-refractivity contribution in [2.24, 2.45) is 0 Å². The second-order valence-corrected chi connectivity index (χ2v) is 4.67. The Morgan fingerprint density at radius 3 is 2.60 bits per heavy atom. The fraction of sp³-hybridized carbons (Fsp3) is 0.500. The van der Waals surface area contributed by atoms with Gasteiger partial charge in [-0.3, -0.25) is 0 Å². The number of nitrogens with zero attached hydrogens (tertiary/aromatic N) is 1. The first-order chi connectivity index (χ1) is 7.18. The van der Waals surface area contributed by atoms with Crippen molar-refractivity contribution in [3.8, 4) is 0 Å². The molecule has 2 nitrogen and oxygen atoms in total. The highest BCUT2D eigenvalue weighted by molar-refractivity contribution is 6.33. The van der Waals surface area contributed by atoms with Crippen LogP contribution in [0, 0.1) is 0 Å². The fourth-order valence-corrected chi connectivity index (χ4v) is 2.62. The van der Waals surface area contributed by atoms with E-state index in [-0.39, 0.29) is 0 Å². The van der Waals surface area contributed by atoms with Gasteiger partial charge in [0.05, 0.1) is 10.7 Å². The van der Waals surface area contributed by atoms with Crippen molar-refractivity contribution in [3.63, 3.8) is 0 Å². The van der Waals surface area contributed by atoms with Crippen LogP contribution in [0.15, 0.2) is 18.2 Å². The van der Waals surface area contributed by atoms with Crippen LogP contribution in [-0.4, -0.2) is 13.1 Å². The molecule has 2 rings (SSSR count). The topological polar surface area (TPSA) is 29.3 Å². The molecule has 1 aromatic carbocycles. The second-order valence-electron chi connectivity index (χ2n) is 4.26. The first-order valence-electron chi connectivity index (χ1n) is 5.46. The summed E-state index contributed by atoms with van der Waals surface area (Å²) in [6.07, 6.45) is 5.22. The predicted molar refractivity (Wildman–Crippen MR) is 66.5 cm³/mol. The third kappa shape index (κ3) is 2.20. The van der Waals surface area contributed by atoms with Gasteiger partial charge in [0.25, 0.3) is 0 Å². The van der Waals surface area contributed by atoms with Crippen LogP contribution >= 0.6 is 11.6 Å². The van der Waals surface area contributed by atoms with Gasteiger partial charge >= 0.3 is 0 Å². The number of hydrogen-bond acceptors (Lipinski definition) is 2. The molecule has 0 aromatic heterocycles. The number of rotatable bonds is 2. The Morgan fingerprint density at radius 2 is 2.00 bits per heavy atom. The van der Waals surface area contributed by atoms with Gasteiger partial charge in [-0.05, 0) is 31.0 Å². The van der Waals surface area contributed by atoms with Crippen molar-refractivity contribution in [2.75, 3.05) is 17.7 Å². The average molecular weight is 225 g/mol. The molecule has 0 bridgehead atoms. The molecule has 1 fully saturated rings. The maximum atomic E-state index is 6.18. The molecule has 82 valence electrons. The minimum absolute atomic E-state index is 0.645. The highest BCUT2D eigenvalue weighted by Crippen LogP contribution is 2.32. The number of hydrogen-bond donors (Lipinski definition) is 1. The summed E-state index contributed by atoms with van der Waals surface area (Å²) >= 11 is 6.18. The Kier molecular flexibility index (Phi) is 3.06. The van der Waals surface area contributed by atoms with Crippen LogP contribution in [0.5, 0.6) is 0 Å². The molecule has 0 radical (unpaired) electrons. The van der Waals surface area contributed by atoms with E-state index in [4.69, 9.17) is 17.3 Å². The summed E-state index contributed by atoms with van der Waals surface area (Å²) in [7, 11) is 2.12. The molecule has 1 saturated carbocycles. The first kappa shape index (κ1) is 10.6. The molecular weight excluding hydrogens is 208 g/mol. The third-order valence-corrected chi connectivity index (χ3v) is 3.53. The average Bonchev–Trinajstić information content (AvgIpc) is 2.69. The summed E-state index contributed by atoms with van der Waals surface area (Å²) in [5.74, 6) is 0. The quantitative estimate of drug-likeness (QED) is 0.782. The normalized spacial score (nSPS) is 16.9. The van der Waals surface area contributed by atoms with E-state index < -0.39 is 0 Å². The lowest BCUT2D eigenvalue weighted by Gasteiger charge is -2.27. The van der Waals surface area contributed by atoms with Gasteiger partial charge in [0.1, 0.15) is 0 Å². The first-order valence-corrected chi connectivity index (χ1v) is 5.84. The molecule has 1 aliphatic carbocycles. The third-order valence-electron chi connectivity index (χ3n) is 3.22. The van der Waals surface area contributed by atoms with Gasteiger partial charge in [-0.15, -0.1) is 0 Å². The monoisotopic (exact) mass is 224 g/mol. The highest BCUT2D eigenvalue weighted by Gasteiger charge is 2.21. The van der Waals surface area contributed by atoms with Gasteiger partial charge in [-0.2, -0.15) is 0 Å². The van der Waals surface area contributed by atoms with Crippen molar-refractivity contribution in [3.05, 3.63) is 23.2 Å². The van der Waals surface area contributed by atoms with Crippen LogP contribution in [0.1, 0.15) is 25.7 Å².